The number of carbonyl (C=O) groups is 1. The van der Waals surface area contributed by atoms with E-state index >= 15 is 0 Å². The minimum absolute atomic E-state index is 0.225. The molecule has 3 nitrogen and oxygen atoms in total. The van der Waals surface area contributed by atoms with Crippen molar-refractivity contribution in [2.45, 2.75) is 20.2 Å². The Morgan fingerprint density at radius 1 is 1.40 bits per heavy atom. The third-order valence-electron chi connectivity index (χ3n) is 1.42. The van der Waals surface area contributed by atoms with Crippen LogP contribution in [0.3, 0.4) is 0 Å². The molecule has 0 aliphatic heterocycles. The number of rotatable bonds is 4. The molecule has 0 aromatic rings. The summed E-state index contributed by atoms with van der Waals surface area (Å²) in [6, 6.07) is 0. The number of halogens is 3. The van der Waals surface area contributed by atoms with E-state index < -0.39 is 12.1 Å². The standard InChI is InChI=1S/C9H10F3NO2/c1-6(13-3)4-8(5-14)7(2)15-9(10,11)12/h4-5H,3H2,1-2H3/b6-4-,8-7-. The van der Waals surface area contributed by atoms with Crippen LogP contribution in [-0.2, 0) is 9.53 Å². The average Bonchev–Trinajstić information content (AvgIpc) is 2.10. The van der Waals surface area contributed by atoms with Crippen LogP contribution in [0, 0.1) is 0 Å². The minimum Gasteiger partial charge on any atom is -0.410 e. The molecule has 0 atom stereocenters. The van der Waals surface area contributed by atoms with Crippen LogP contribution in [0.1, 0.15) is 13.8 Å². The van der Waals surface area contributed by atoms with Crippen LogP contribution in [0.15, 0.2) is 28.1 Å². The van der Waals surface area contributed by atoms with E-state index in [4.69, 9.17) is 0 Å². The van der Waals surface area contributed by atoms with Crippen LogP contribution in [-0.4, -0.2) is 19.4 Å². The van der Waals surface area contributed by atoms with Crippen LogP contribution in [0.4, 0.5) is 13.2 Å². The summed E-state index contributed by atoms with van der Waals surface area (Å²) < 4.78 is 39.0. The number of allylic oxidation sites excluding steroid dienone is 4. The van der Waals surface area contributed by atoms with Gasteiger partial charge in [0.15, 0.2) is 6.29 Å². The van der Waals surface area contributed by atoms with Crippen LogP contribution in [0.5, 0.6) is 0 Å². The second kappa shape index (κ2) is 5.33. The SMILES string of the molecule is C=N/C(C)=C\C(C=O)=C(/C)OC(F)(F)F. The van der Waals surface area contributed by atoms with Gasteiger partial charge in [0.05, 0.1) is 5.57 Å². The molecule has 0 fully saturated rings. The van der Waals surface area contributed by atoms with Gasteiger partial charge in [-0.1, -0.05) is 0 Å². The zero-order chi connectivity index (χ0) is 12.1. The summed E-state index contributed by atoms with van der Waals surface area (Å²) >= 11 is 0. The number of carbonyl (C=O) groups excluding carboxylic acids is 1. The Morgan fingerprint density at radius 2 is 1.93 bits per heavy atom. The lowest BCUT2D eigenvalue weighted by Crippen LogP contribution is -2.13. The van der Waals surface area contributed by atoms with Crippen molar-refractivity contribution >= 4 is 13.0 Å². The maximum atomic E-state index is 11.8. The molecule has 6 heteroatoms. The zero-order valence-corrected chi connectivity index (χ0v) is 8.26. The van der Waals surface area contributed by atoms with Gasteiger partial charge in [0.2, 0.25) is 0 Å². The van der Waals surface area contributed by atoms with Gasteiger partial charge >= 0.3 is 6.36 Å². The van der Waals surface area contributed by atoms with Gasteiger partial charge in [-0.05, 0) is 26.6 Å². The summed E-state index contributed by atoms with van der Waals surface area (Å²) in [5, 5.41) is 0. The quantitative estimate of drug-likeness (QED) is 0.240. The highest BCUT2D eigenvalue weighted by Crippen LogP contribution is 2.22. The number of aliphatic imine (C=N–C) groups is 1. The summed E-state index contributed by atoms with van der Waals surface area (Å²) in [6.07, 6.45) is -3.39. The van der Waals surface area contributed by atoms with Crippen LogP contribution < -0.4 is 0 Å². The molecule has 0 unspecified atom stereocenters. The largest absolute Gasteiger partial charge is 0.572 e. The van der Waals surface area contributed by atoms with Crippen LogP contribution >= 0.6 is 0 Å². The molecule has 15 heavy (non-hydrogen) atoms. The first-order valence-electron chi connectivity index (χ1n) is 3.87. The first-order valence-corrected chi connectivity index (χ1v) is 3.87. The van der Waals surface area contributed by atoms with Crippen molar-refractivity contribution in [3.8, 4) is 0 Å². The van der Waals surface area contributed by atoms with E-state index in [0.29, 0.717) is 5.70 Å². The van der Waals surface area contributed by atoms with Crippen molar-refractivity contribution in [1.82, 2.24) is 0 Å². The highest BCUT2D eigenvalue weighted by atomic mass is 19.4. The second-order valence-corrected chi connectivity index (χ2v) is 2.62. The predicted octanol–water partition coefficient (Wildman–Crippen LogP) is 2.60. The fraction of sp³-hybridized carbons (Fsp3) is 0.333. The molecule has 0 saturated carbocycles. The van der Waals surface area contributed by atoms with Crippen molar-refractivity contribution in [3.63, 3.8) is 0 Å². The van der Waals surface area contributed by atoms with E-state index in [1.165, 1.54) is 6.92 Å². The zero-order valence-electron chi connectivity index (χ0n) is 8.26. The third kappa shape index (κ3) is 5.66. The molecule has 0 aromatic carbocycles. The summed E-state index contributed by atoms with van der Waals surface area (Å²) in [4.78, 5) is 13.9. The average molecular weight is 221 g/mol. The Balaban J connectivity index is 4.99. The first-order chi connectivity index (χ1) is 6.80. The molecule has 0 radical (unpaired) electrons. The number of hydrogen-bond donors (Lipinski definition) is 0. The van der Waals surface area contributed by atoms with E-state index in [9.17, 15) is 18.0 Å². The van der Waals surface area contributed by atoms with E-state index in [0.717, 1.165) is 13.0 Å². The van der Waals surface area contributed by atoms with Crippen molar-refractivity contribution in [3.05, 3.63) is 23.1 Å². The highest BCUT2D eigenvalue weighted by molar-refractivity contribution is 5.78. The maximum absolute atomic E-state index is 11.8. The molecule has 0 amide bonds. The van der Waals surface area contributed by atoms with Gasteiger partial charge in [0, 0.05) is 5.70 Å². The molecule has 0 aromatic heterocycles. The fourth-order valence-electron chi connectivity index (χ4n) is 0.722. The van der Waals surface area contributed by atoms with Gasteiger partial charge in [-0.2, -0.15) is 0 Å². The van der Waals surface area contributed by atoms with Crippen LogP contribution in [0.25, 0.3) is 0 Å². The number of hydrogen-bond acceptors (Lipinski definition) is 3. The predicted molar refractivity (Wildman–Crippen MR) is 49.2 cm³/mol. The summed E-state index contributed by atoms with van der Waals surface area (Å²) in [7, 11) is 0. The normalized spacial score (nSPS) is 14.3. The van der Waals surface area contributed by atoms with E-state index in [2.05, 4.69) is 16.4 Å². The Morgan fingerprint density at radius 3 is 2.27 bits per heavy atom. The van der Waals surface area contributed by atoms with Gasteiger partial charge in [-0.25, -0.2) is 0 Å². The molecule has 0 spiro atoms. The Kier molecular flexibility index (Phi) is 4.77. The number of nitrogens with zero attached hydrogens (tertiary/aromatic N) is 1. The van der Waals surface area contributed by atoms with Crippen molar-refractivity contribution in [2.24, 2.45) is 4.99 Å². The number of ether oxygens (including phenoxy) is 1. The number of aldehydes is 1. The van der Waals surface area contributed by atoms with Crippen molar-refractivity contribution < 1.29 is 22.7 Å². The molecule has 0 aliphatic carbocycles. The van der Waals surface area contributed by atoms with Crippen molar-refractivity contribution in [2.75, 3.05) is 0 Å². The van der Waals surface area contributed by atoms with Gasteiger partial charge in [-0.3, -0.25) is 9.79 Å². The summed E-state index contributed by atoms with van der Waals surface area (Å²) in [5.74, 6) is -0.527. The Bertz CT molecular complexity index is 316. The molecule has 84 valence electrons. The number of alkyl halides is 3. The molecular weight excluding hydrogens is 211 g/mol. The van der Waals surface area contributed by atoms with Crippen molar-refractivity contribution in [1.29, 1.82) is 0 Å². The summed E-state index contributed by atoms with van der Waals surface area (Å²) in [6.45, 7) is 5.71. The van der Waals surface area contributed by atoms with Gasteiger partial charge in [0.1, 0.15) is 5.76 Å². The molecule has 0 rings (SSSR count). The molecular formula is C9H10F3NO2. The lowest BCUT2D eigenvalue weighted by atomic mass is 10.2. The van der Waals surface area contributed by atoms with E-state index in [1.54, 1.807) is 0 Å². The lowest BCUT2D eigenvalue weighted by Gasteiger charge is -2.09. The smallest absolute Gasteiger partial charge is 0.410 e. The summed E-state index contributed by atoms with van der Waals surface area (Å²) in [5.41, 5.74) is 0.0967. The Labute approximate surface area is 84.9 Å². The minimum atomic E-state index is -4.80. The van der Waals surface area contributed by atoms with Gasteiger partial charge in [0.25, 0.3) is 0 Å². The molecule has 0 saturated heterocycles. The molecule has 0 N–H and O–H groups in total. The van der Waals surface area contributed by atoms with Gasteiger partial charge < -0.3 is 4.74 Å². The topological polar surface area (TPSA) is 38.7 Å². The third-order valence-corrected chi connectivity index (χ3v) is 1.42. The second-order valence-electron chi connectivity index (χ2n) is 2.62. The van der Waals surface area contributed by atoms with E-state index in [-0.39, 0.29) is 11.9 Å². The lowest BCUT2D eigenvalue weighted by molar-refractivity contribution is -0.305. The monoisotopic (exact) mass is 221 g/mol. The molecule has 0 bridgehead atoms. The Hall–Kier alpha value is -1.59. The van der Waals surface area contributed by atoms with E-state index in [1.807, 2.05) is 0 Å². The fourth-order valence-corrected chi connectivity index (χ4v) is 0.722. The molecule has 0 aliphatic rings. The highest BCUT2D eigenvalue weighted by Gasteiger charge is 2.31. The maximum Gasteiger partial charge on any atom is 0.572 e. The van der Waals surface area contributed by atoms with Crippen LogP contribution in [0.2, 0.25) is 0 Å². The van der Waals surface area contributed by atoms with Gasteiger partial charge in [-0.15, -0.1) is 13.2 Å². The molecule has 0 heterocycles. The first kappa shape index (κ1) is 13.4.